The minimum atomic E-state index is -1.34. The van der Waals surface area contributed by atoms with Crippen molar-refractivity contribution < 1.29 is 5.11 Å². The van der Waals surface area contributed by atoms with E-state index in [1.807, 2.05) is 24.3 Å². The first-order valence-electron chi connectivity index (χ1n) is 6.60. The number of rotatable bonds is 3. The summed E-state index contributed by atoms with van der Waals surface area (Å²) in [6, 6.07) is 14.6. The van der Waals surface area contributed by atoms with Gasteiger partial charge in [-0.25, -0.2) is 9.97 Å². The zero-order chi connectivity index (χ0) is 15.6. The molecule has 0 aliphatic rings. The molecule has 1 atom stereocenters. The molecule has 1 heterocycles. The Morgan fingerprint density at radius 3 is 1.86 bits per heavy atom. The lowest BCUT2D eigenvalue weighted by Crippen LogP contribution is -2.29. The summed E-state index contributed by atoms with van der Waals surface area (Å²) in [6.07, 6.45) is 4.67. The third kappa shape index (κ3) is 2.77. The van der Waals surface area contributed by atoms with Crippen LogP contribution in [0, 0.1) is 0 Å². The van der Waals surface area contributed by atoms with Gasteiger partial charge in [0.1, 0.15) is 11.9 Å². The smallest absolute Gasteiger partial charge is 0.143 e. The van der Waals surface area contributed by atoms with Gasteiger partial charge in [-0.3, -0.25) is 0 Å². The van der Waals surface area contributed by atoms with Crippen LogP contribution in [0.2, 0.25) is 5.02 Å². The van der Waals surface area contributed by atoms with Crippen LogP contribution in [-0.2, 0) is 5.60 Å². The molecule has 0 spiro atoms. The highest BCUT2D eigenvalue weighted by atomic mass is 79.9. The Labute approximate surface area is 141 Å². The first-order chi connectivity index (χ1) is 10.6. The second-order valence-electron chi connectivity index (χ2n) is 4.85. The lowest BCUT2D eigenvalue weighted by Gasteiger charge is -2.29. The number of hydrogen-bond donors (Lipinski definition) is 1. The summed E-state index contributed by atoms with van der Waals surface area (Å²) in [5.74, 6) is 0. The van der Waals surface area contributed by atoms with E-state index in [9.17, 15) is 5.11 Å². The topological polar surface area (TPSA) is 46.0 Å². The van der Waals surface area contributed by atoms with E-state index in [1.165, 1.54) is 6.33 Å². The van der Waals surface area contributed by atoms with E-state index in [0.29, 0.717) is 16.1 Å². The first kappa shape index (κ1) is 15.2. The maximum absolute atomic E-state index is 11.5. The second kappa shape index (κ2) is 6.16. The van der Waals surface area contributed by atoms with Crippen LogP contribution in [-0.4, -0.2) is 15.1 Å². The first-order valence-corrected chi connectivity index (χ1v) is 7.78. The Hall–Kier alpha value is -1.75. The van der Waals surface area contributed by atoms with Crippen LogP contribution < -0.4 is 0 Å². The molecule has 0 amide bonds. The molecule has 0 saturated carbocycles. The maximum atomic E-state index is 11.5. The van der Waals surface area contributed by atoms with Crippen molar-refractivity contribution in [1.82, 2.24) is 9.97 Å². The van der Waals surface area contributed by atoms with Crippen LogP contribution in [0.25, 0.3) is 0 Å². The molecule has 1 unspecified atom stereocenters. The molecule has 0 bridgehead atoms. The van der Waals surface area contributed by atoms with E-state index in [1.54, 1.807) is 36.7 Å². The summed E-state index contributed by atoms with van der Waals surface area (Å²) in [6.45, 7) is 0. The lowest BCUT2D eigenvalue weighted by molar-refractivity contribution is 0.125. The fourth-order valence-corrected chi connectivity index (χ4v) is 2.76. The van der Waals surface area contributed by atoms with E-state index >= 15 is 0 Å². The molecule has 0 aliphatic carbocycles. The van der Waals surface area contributed by atoms with Crippen LogP contribution in [0.5, 0.6) is 0 Å². The van der Waals surface area contributed by atoms with Gasteiger partial charge in [0.15, 0.2) is 0 Å². The highest BCUT2D eigenvalue weighted by Gasteiger charge is 2.34. The van der Waals surface area contributed by atoms with Gasteiger partial charge in [-0.05, 0) is 35.4 Å². The van der Waals surface area contributed by atoms with Crippen LogP contribution in [0.1, 0.15) is 16.7 Å². The highest BCUT2D eigenvalue weighted by molar-refractivity contribution is 9.10. The predicted molar refractivity (Wildman–Crippen MR) is 89.7 cm³/mol. The van der Waals surface area contributed by atoms with Crippen molar-refractivity contribution >= 4 is 27.5 Å². The zero-order valence-corrected chi connectivity index (χ0v) is 13.8. The van der Waals surface area contributed by atoms with Gasteiger partial charge in [0, 0.05) is 27.5 Å². The largest absolute Gasteiger partial charge is 0.376 e. The Balaban J connectivity index is 2.22. The van der Waals surface area contributed by atoms with Crippen molar-refractivity contribution in [3.8, 4) is 0 Å². The van der Waals surface area contributed by atoms with Crippen molar-refractivity contribution in [2.24, 2.45) is 0 Å². The van der Waals surface area contributed by atoms with Gasteiger partial charge >= 0.3 is 0 Å². The lowest BCUT2D eigenvalue weighted by atomic mass is 9.82. The Morgan fingerprint density at radius 2 is 1.32 bits per heavy atom. The normalized spacial score (nSPS) is 13.6. The standard InChI is InChI=1S/C17H12BrClN2O/c18-15-5-1-12(2-6-15)17(22,14-9-20-11-21-10-14)13-3-7-16(19)8-4-13/h1-11,22H. The van der Waals surface area contributed by atoms with Crippen LogP contribution in [0.15, 0.2) is 71.7 Å². The summed E-state index contributed by atoms with van der Waals surface area (Å²) in [5, 5.41) is 12.1. The summed E-state index contributed by atoms with van der Waals surface area (Å²) < 4.78 is 0.944. The Bertz CT molecular complexity index is 715. The van der Waals surface area contributed by atoms with E-state index in [0.717, 1.165) is 10.0 Å². The highest BCUT2D eigenvalue weighted by Crippen LogP contribution is 2.36. The monoisotopic (exact) mass is 374 g/mol. The van der Waals surface area contributed by atoms with E-state index in [2.05, 4.69) is 25.9 Å². The molecule has 2 aromatic carbocycles. The molecule has 110 valence electrons. The molecule has 1 aromatic heterocycles. The number of hydrogen-bond acceptors (Lipinski definition) is 3. The zero-order valence-electron chi connectivity index (χ0n) is 11.4. The number of halogens is 2. The molecule has 0 aliphatic heterocycles. The molecule has 0 radical (unpaired) electrons. The van der Waals surface area contributed by atoms with Crippen molar-refractivity contribution in [1.29, 1.82) is 0 Å². The predicted octanol–water partition coefficient (Wildman–Crippen LogP) is 4.18. The van der Waals surface area contributed by atoms with Crippen LogP contribution in [0.4, 0.5) is 0 Å². The number of benzene rings is 2. The van der Waals surface area contributed by atoms with Crippen molar-refractivity contribution in [3.05, 3.63) is 93.4 Å². The van der Waals surface area contributed by atoms with Crippen LogP contribution >= 0.6 is 27.5 Å². The molecule has 0 saturated heterocycles. The molecule has 0 fully saturated rings. The molecule has 5 heteroatoms. The fourth-order valence-electron chi connectivity index (χ4n) is 2.37. The van der Waals surface area contributed by atoms with Gasteiger partial charge in [0.2, 0.25) is 0 Å². The minimum absolute atomic E-state index is 0.597. The van der Waals surface area contributed by atoms with Gasteiger partial charge in [-0.2, -0.15) is 0 Å². The molecular formula is C17H12BrClN2O. The summed E-state index contributed by atoms with van der Waals surface area (Å²) in [7, 11) is 0. The summed E-state index contributed by atoms with van der Waals surface area (Å²) >= 11 is 9.37. The van der Waals surface area contributed by atoms with Crippen molar-refractivity contribution in [3.63, 3.8) is 0 Å². The van der Waals surface area contributed by atoms with Gasteiger partial charge in [0.25, 0.3) is 0 Å². The molecule has 1 N–H and O–H groups in total. The average Bonchev–Trinajstić information content (AvgIpc) is 2.56. The third-order valence-electron chi connectivity index (χ3n) is 3.50. The summed E-state index contributed by atoms with van der Waals surface area (Å²) in [4.78, 5) is 8.06. The van der Waals surface area contributed by atoms with E-state index < -0.39 is 5.60 Å². The molecule has 3 aromatic rings. The second-order valence-corrected chi connectivity index (χ2v) is 6.20. The molecule has 3 nitrogen and oxygen atoms in total. The quantitative estimate of drug-likeness (QED) is 0.747. The Morgan fingerprint density at radius 1 is 0.818 bits per heavy atom. The van der Waals surface area contributed by atoms with Gasteiger partial charge in [-0.15, -0.1) is 0 Å². The number of aliphatic hydroxyl groups is 1. The average molecular weight is 376 g/mol. The van der Waals surface area contributed by atoms with Gasteiger partial charge in [-0.1, -0.05) is 51.8 Å². The SMILES string of the molecule is OC(c1ccc(Cl)cc1)(c1ccc(Br)cc1)c1cncnc1. The van der Waals surface area contributed by atoms with Crippen molar-refractivity contribution in [2.75, 3.05) is 0 Å². The maximum Gasteiger partial charge on any atom is 0.143 e. The number of aromatic nitrogens is 2. The number of nitrogens with zero attached hydrogens (tertiary/aromatic N) is 2. The Kier molecular flexibility index (Phi) is 4.25. The minimum Gasteiger partial charge on any atom is -0.376 e. The fraction of sp³-hybridized carbons (Fsp3) is 0.0588. The molecular weight excluding hydrogens is 364 g/mol. The van der Waals surface area contributed by atoms with E-state index in [4.69, 9.17) is 11.6 Å². The third-order valence-corrected chi connectivity index (χ3v) is 4.28. The van der Waals surface area contributed by atoms with Gasteiger partial charge in [0.05, 0.1) is 0 Å². The summed E-state index contributed by atoms with van der Waals surface area (Å²) in [5.41, 5.74) is 0.688. The van der Waals surface area contributed by atoms with Crippen LogP contribution in [0.3, 0.4) is 0 Å². The molecule has 3 rings (SSSR count). The van der Waals surface area contributed by atoms with E-state index in [-0.39, 0.29) is 0 Å². The van der Waals surface area contributed by atoms with Crippen molar-refractivity contribution in [2.45, 2.75) is 5.60 Å². The van der Waals surface area contributed by atoms with Gasteiger partial charge < -0.3 is 5.11 Å². The molecule has 22 heavy (non-hydrogen) atoms.